The molecule has 90 valence electrons. The highest BCUT2D eigenvalue weighted by atomic mass is 32.2. The van der Waals surface area contributed by atoms with Crippen molar-refractivity contribution in [2.24, 2.45) is 0 Å². The highest BCUT2D eigenvalue weighted by Gasteiger charge is 1.99. The molecular weight excluding hydrogens is 214 g/mol. The lowest BCUT2D eigenvalue weighted by atomic mass is 10.2. The van der Waals surface area contributed by atoms with Crippen LogP contribution in [0, 0.1) is 6.92 Å². The number of rotatable bonds is 7. The molecule has 1 aromatic rings. The SMILES string of the molecule is CCCCCCCSc1cc(C)ccc1N. The monoisotopic (exact) mass is 237 g/mol. The summed E-state index contributed by atoms with van der Waals surface area (Å²) in [6.45, 7) is 4.37. The van der Waals surface area contributed by atoms with Crippen LogP contribution < -0.4 is 5.73 Å². The molecule has 0 spiro atoms. The molecule has 0 bridgehead atoms. The van der Waals surface area contributed by atoms with Crippen LogP contribution >= 0.6 is 11.8 Å². The maximum atomic E-state index is 5.93. The van der Waals surface area contributed by atoms with Crippen molar-refractivity contribution in [3.63, 3.8) is 0 Å². The molecule has 0 aromatic heterocycles. The summed E-state index contributed by atoms with van der Waals surface area (Å²) in [6.07, 6.45) is 6.72. The summed E-state index contributed by atoms with van der Waals surface area (Å²) >= 11 is 1.89. The van der Waals surface area contributed by atoms with Gasteiger partial charge < -0.3 is 5.73 Å². The molecule has 1 aromatic carbocycles. The van der Waals surface area contributed by atoms with Gasteiger partial charge in [-0.2, -0.15) is 0 Å². The van der Waals surface area contributed by atoms with Crippen molar-refractivity contribution in [1.29, 1.82) is 0 Å². The number of hydrogen-bond donors (Lipinski definition) is 1. The van der Waals surface area contributed by atoms with Crippen LogP contribution in [0.4, 0.5) is 5.69 Å². The van der Waals surface area contributed by atoms with E-state index in [-0.39, 0.29) is 0 Å². The fourth-order valence-corrected chi connectivity index (χ4v) is 2.73. The number of nitrogen functional groups attached to an aromatic ring is 1. The van der Waals surface area contributed by atoms with E-state index in [9.17, 15) is 0 Å². The highest BCUT2D eigenvalue weighted by molar-refractivity contribution is 7.99. The molecule has 0 radical (unpaired) electrons. The lowest BCUT2D eigenvalue weighted by Gasteiger charge is -2.06. The van der Waals surface area contributed by atoms with Gasteiger partial charge in [-0.1, -0.05) is 38.7 Å². The first kappa shape index (κ1) is 13.4. The van der Waals surface area contributed by atoms with E-state index in [2.05, 4.69) is 26.0 Å². The van der Waals surface area contributed by atoms with Gasteiger partial charge in [0, 0.05) is 10.6 Å². The Labute approximate surface area is 104 Å². The molecule has 0 saturated heterocycles. The number of benzene rings is 1. The Bertz CT molecular complexity index is 310. The van der Waals surface area contributed by atoms with E-state index < -0.39 is 0 Å². The molecule has 1 rings (SSSR count). The molecule has 0 unspecified atom stereocenters. The fraction of sp³-hybridized carbons (Fsp3) is 0.571. The number of aryl methyl sites for hydroxylation is 1. The second-order valence-corrected chi connectivity index (χ2v) is 5.44. The zero-order chi connectivity index (χ0) is 11.8. The Balaban J connectivity index is 2.23. The van der Waals surface area contributed by atoms with Crippen molar-refractivity contribution in [2.75, 3.05) is 11.5 Å². The van der Waals surface area contributed by atoms with Gasteiger partial charge in [0.2, 0.25) is 0 Å². The standard InChI is InChI=1S/C14H23NS/c1-3-4-5-6-7-10-16-14-11-12(2)8-9-13(14)15/h8-9,11H,3-7,10,15H2,1-2H3. The third-order valence-electron chi connectivity index (χ3n) is 2.67. The molecule has 0 atom stereocenters. The minimum absolute atomic E-state index is 0.921. The molecule has 2 N–H and O–H groups in total. The molecule has 1 nitrogen and oxygen atoms in total. The van der Waals surface area contributed by atoms with Gasteiger partial charge in [-0.15, -0.1) is 11.8 Å². The van der Waals surface area contributed by atoms with Crippen LogP contribution in [0.25, 0.3) is 0 Å². The molecule has 0 fully saturated rings. The number of unbranched alkanes of at least 4 members (excludes halogenated alkanes) is 4. The van der Waals surface area contributed by atoms with Gasteiger partial charge in [0.25, 0.3) is 0 Å². The van der Waals surface area contributed by atoms with Gasteiger partial charge in [-0.25, -0.2) is 0 Å². The number of thioether (sulfide) groups is 1. The van der Waals surface area contributed by atoms with Gasteiger partial charge in [0.1, 0.15) is 0 Å². The van der Waals surface area contributed by atoms with E-state index >= 15 is 0 Å². The van der Waals surface area contributed by atoms with Crippen molar-refractivity contribution in [3.05, 3.63) is 23.8 Å². The summed E-state index contributed by atoms with van der Waals surface area (Å²) in [5, 5.41) is 0. The molecule has 0 aliphatic rings. The van der Waals surface area contributed by atoms with Crippen molar-refractivity contribution < 1.29 is 0 Å². The van der Waals surface area contributed by atoms with Gasteiger partial charge >= 0.3 is 0 Å². The van der Waals surface area contributed by atoms with E-state index in [1.54, 1.807) is 0 Å². The molecule has 0 heterocycles. The van der Waals surface area contributed by atoms with Crippen molar-refractivity contribution in [3.8, 4) is 0 Å². The van der Waals surface area contributed by atoms with Gasteiger partial charge in [-0.3, -0.25) is 0 Å². The van der Waals surface area contributed by atoms with Crippen molar-refractivity contribution >= 4 is 17.4 Å². The summed E-state index contributed by atoms with van der Waals surface area (Å²) in [5.74, 6) is 1.19. The van der Waals surface area contributed by atoms with E-state index in [4.69, 9.17) is 5.73 Å². The van der Waals surface area contributed by atoms with Crippen LogP contribution in [0.3, 0.4) is 0 Å². The van der Waals surface area contributed by atoms with Crippen LogP contribution in [0.2, 0.25) is 0 Å². The second kappa shape index (κ2) is 7.61. The van der Waals surface area contributed by atoms with Crippen LogP contribution in [0.5, 0.6) is 0 Å². The van der Waals surface area contributed by atoms with Crippen LogP contribution in [0.1, 0.15) is 44.6 Å². The quantitative estimate of drug-likeness (QED) is 0.425. The lowest BCUT2D eigenvalue weighted by molar-refractivity contribution is 0.659. The van der Waals surface area contributed by atoms with Gasteiger partial charge in [0.05, 0.1) is 0 Å². The molecule has 0 saturated carbocycles. The Hall–Kier alpha value is -0.630. The van der Waals surface area contributed by atoms with Crippen LogP contribution in [-0.2, 0) is 0 Å². The second-order valence-electron chi connectivity index (χ2n) is 4.30. The van der Waals surface area contributed by atoms with E-state index in [1.165, 1.54) is 48.3 Å². The van der Waals surface area contributed by atoms with E-state index in [0.29, 0.717) is 0 Å². The zero-order valence-electron chi connectivity index (χ0n) is 10.5. The highest BCUT2D eigenvalue weighted by Crippen LogP contribution is 2.26. The van der Waals surface area contributed by atoms with Crippen LogP contribution in [0.15, 0.2) is 23.1 Å². The Morgan fingerprint density at radius 2 is 1.88 bits per heavy atom. The summed E-state index contributed by atoms with van der Waals surface area (Å²) in [5.41, 5.74) is 8.15. The normalized spacial score (nSPS) is 10.6. The first-order chi connectivity index (χ1) is 7.74. The molecule has 2 heteroatoms. The van der Waals surface area contributed by atoms with Crippen molar-refractivity contribution in [2.45, 2.75) is 50.8 Å². The minimum Gasteiger partial charge on any atom is -0.398 e. The molecule has 0 aliphatic carbocycles. The Kier molecular flexibility index (Phi) is 6.39. The van der Waals surface area contributed by atoms with Gasteiger partial charge in [0.15, 0.2) is 0 Å². The summed E-state index contributed by atoms with van der Waals surface area (Å²) in [4.78, 5) is 1.25. The maximum absolute atomic E-state index is 5.93. The third kappa shape index (κ3) is 4.93. The zero-order valence-corrected chi connectivity index (χ0v) is 11.3. The molecule has 16 heavy (non-hydrogen) atoms. The van der Waals surface area contributed by atoms with E-state index in [0.717, 1.165) is 5.69 Å². The Morgan fingerprint density at radius 1 is 1.12 bits per heavy atom. The first-order valence-electron chi connectivity index (χ1n) is 6.23. The van der Waals surface area contributed by atoms with Crippen LogP contribution in [-0.4, -0.2) is 5.75 Å². The van der Waals surface area contributed by atoms with Crippen molar-refractivity contribution in [1.82, 2.24) is 0 Å². The summed E-state index contributed by atoms with van der Waals surface area (Å²) < 4.78 is 0. The predicted molar refractivity (Wildman–Crippen MR) is 75.1 cm³/mol. The maximum Gasteiger partial charge on any atom is 0.0452 e. The predicted octanol–water partition coefficient (Wildman–Crippen LogP) is 4.64. The summed E-state index contributed by atoms with van der Waals surface area (Å²) in [6, 6.07) is 6.27. The number of nitrogens with two attached hydrogens (primary N) is 1. The molecule has 0 aliphatic heterocycles. The average molecular weight is 237 g/mol. The Morgan fingerprint density at radius 3 is 2.62 bits per heavy atom. The lowest BCUT2D eigenvalue weighted by Crippen LogP contribution is -1.90. The number of anilines is 1. The molecule has 0 amide bonds. The molecular formula is C14H23NS. The fourth-order valence-electron chi connectivity index (χ4n) is 1.65. The summed E-state index contributed by atoms with van der Waals surface area (Å²) in [7, 11) is 0. The third-order valence-corrected chi connectivity index (χ3v) is 3.83. The largest absolute Gasteiger partial charge is 0.398 e. The average Bonchev–Trinajstić information content (AvgIpc) is 2.28. The van der Waals surface area contributed by atoms with Gasteiger partial charge in [-0.05, 0) is 36.8 Å². The minimum atomic E-state index is 0.921. The topological polar surface area (TPSA) is 26.0 Å². The van der Waals surface area contributed by atoms with E-state index in [1.807, 2.05) is 17.8 Å². The first-order valence-corrected chi connectivity index (χ1v) is 7.21. The smallest absolute Gasteiger partial charge is 0.0452 e. The number of hydrogen-bond acceptors (Lipinski definition) is 2.